The molecule has 23 heavy (non-hydrogen) atoms. The van der Waals surface area contributed by atoms with Gasteiger partial charge in [0.1, 0.15) is 5.01 Å². The van der Waals surface area contributed by atoms with Crippen LogP contribution < -0.4 is 5.32 Å². The van der Waals surface area contributed by atoms with Crippen LogP contribution in [0.3, 0.4) is 0 Å². The second-order valence-corrected chi connectivity index (χ2v) is 7.96. The molecule has 6 heteroatoms. The fraction of sp³-hybridized carbons (Fsp3) is 0.824. The van der Waals surface area contributed by atoms with Gasteiger partial charge >= 0.3 is 0 Å². The monoisotopic (exact) mass is 339 g/mol. The van der Waals surface area contributed by atoms with Crippen LogP contribution in [0.1, 0.15) is 47.8 Å². The van der Waals surface area contributed by atoms with Gasteiger partial charge in [0.25, 0.3) is 0 Å². The molecule has 1 aliphatic heterocycles. The lowest BCUT2D eigenvalue weighted by Gasteiger charge is -2.34. The Morgan fingerprint density at radius 2 is 2.17 bits per heavy atom. The number of methoxy groups -OCH3 is 1. The zero-order chi connectivity index (χ0) is 16.2. The number of ether oxygens (including phenoxy) is 1. The van der Waals surface area contributed by atoms with Crippen molar-refractivity contribution in [2.75, 3.05) is 33.4 Å². The van der Waals surface area contributed by atoms with Gasteiger partial charge in [0, 0.05) is 24.6 Å². The van der Waals surface area contributed by atoms with Crippen LogP contribution in [0.4, 0.5) is 0 Å². The summed E-state index contributed by atoms with van der Waals surface area (Å²) < 4.78 is 5.00. The van der Waals surface area contributed by atoms with Crippen LogP contribution in [0.15, 0.2) is 0 Å². The van der Waals surface area contributed by atoms with Crippen molar-refractivity contribution in [2.24, 2.45) is 0 Å². The van der Waals surface area contributed by atoms with Gasteiger partial charge < -0.3 is 20.1 Å². The number of piperidine rings is 1. The van der Waals surface area contributed by atoms with Crippen LogP contribution in [-0.2, 0) is 17.6 Å². The lowest BCUT2D eigenvalue weighted by atomic mass is 10.0. The molecule has 0 saturated carbocycles. The molecule has 2 atom stereocenters. The molecule has 1 aromatic rings. The number of β-amino-alcohol motifs (C(OH)–C–C–N with tert-alkyl or cyclic N) is 1. The SMILES string of the molecule is COCC(O)CN1CCC(NC(C)c2nc3c(s2)CCC3)CC1. The predicted molar refractivity (Wildman–Crippen MR) is 93.0 cm³/mol. The summed E-state index contributed by atoms with van der Waals surface area (Å²) in [7, 11) is 1.63. The van der Waals surface area contributed by atoms with Crippen molar-refractivity contribution in [3.05, 3.63) is 15.6 Å². The minimum absolute atomic E-state index is 0.348. The number of nitrogens with one attached hydrogen (secondary N) is 1. The van der Waals surface area contributed by atoms with Crippen LogP contribution in [-0.4, -0.2) is 60.5 Å². The smallest absolute Gasteiger partial charge is 0.110 e. The van der Waals surface area contributed by atoms with Crippen LogP contribution >= 0.6 is 11.3 Å². The number of fused-ring (bicyclic) bond motifs is 1. The fourth-order valence-corrected chi connectivity index (χ4v) is 4.81. The Kier molecular flexibility index (Phi) is 6.04. The summed E-state index contributed by atoms with van der Waals surface area (Å²) in [6, 6.07) is 0.904. The molecule has 130 valence electrons. The van der Waals surface area contributed by atoms with Gasteiger partial charge in [0.05, 0.1) is 24.4 Å². The average molecular weight is 340 g/mol. The van der Waals surface area contributed by atoms with Gasteiger partial charge in [-0.1, -0.05) is 0 Å². The molecule has 0 bridgehead atoms. The number of hydrogen-bond donors (Lipinski definition) is 2. The molecule has 1 aliphatic carbocycles. The molecule has 3 rings (SSSR count). The van der Waals surface area contributed by atoms with E-state index in [4.69, 9.17) is 9.72 Å². The summed E-state index contributed by atoms with van der Waals surface area (Å²) in [5, 5.41) is 14.8. The first-order valence-corrected chi connectivity index (χ1v) is 9.61. The molecule has 0 aromatic carbocycles. The zero-order valence-corrected chi connectivity index (χ0v) is 15.1. The standard InChI is InChI=1S/C17H29N3O2S/c1-12(17-19-15-4-3-5-16(15)23-17)18-13-6-8-20(9-7-13)10-14(21)11-22-2/h12-14,18,21H,3-11H2,1-2H3. The van der Waals surface area contributed by atoms with Gasteiger partial charge in [-0.25, -0.2) is 4.98 Å². The molecule has 0 spiro atoms. The molecule has 0 radical (unpaired) electrons. The van der Waals surface area contributed by atoms with Crippen LogP contribution in [0, 0.1) is 0 Å². The number of likely N-dealkylation sites (tertiary alicyclic amines) is 1. The van der Waals surface area contributed by atoms with Crippen molar-refractivity contribution in [2.45, 2.75) is 57.2 Å². The maximum absolute atomic E-state index is 9.83. The van der Waals surface area contributed by atoms with Gasteiger partial charge in [-0.3, -0.25) is 0 Å². The Labute approximate surface area is 143 Å². The molecule has 1 saturated heterocycles. The highest BCUT2D eigenvalue weighted by Crippen LogP contribution is 2.31. The maximum Gasteiger partial charge on any atom is 0.110 e. The van der Waals surface area contributed by atoms with Crippen LogP contribution in [0.25, 0.3) is 0 Å². The summed E-state index contributed by atoms with van der Waals surface area (Å²) in [4.78, 5) is 8.68. The minimum atomic E-state index is -0.374. The van der Waals surface area contributed by atoms with E-state index < -0.39 is 0 Å². The molecule has 2 heterocycles. The van der Waals surface area contributed by atoms with Crippen LogP contribution in [0.2, 0.25) is 0 Å². The molecular formula is C17H29N3O2S. The molecule has 2 aliphatic rings. The van der Waals surface area contributed by atoms with Gasteiger partial charge in [-0.2, -0.15) is 0 Å². The summed E-state index contributed by atoms with van der Waals surface area (Å²) in [5.41, 5.74) is 1.35. The minimum Gasteiger partial charge on any atom is -0.389 e. The number of aryl methyl sites for hydroxylation is 2. The fourth-order valence-electron chi connectivity index (χ4n) is 3.65. The van der Waals surface area contributed by atoms with Crippen molar-refractivity contribution in [3.8, 4) is 0 Å². The topological polar surface area (TPSA) is 57.6 Å². The normalized spacial score (nSPS) is 22.2. The maximum atomic E-state index is 9.83. The number of thiazole rings is 1. The van der Waals surface area contributed by atoms with Crippen molar-refractivity contribution >= 4 is 11.3 Å². The number of nitrogens with zero attached hydrogens (tertiary/aromatic N) is 2. The van der Waals surface area contributed by atoms with Crippen molar-refractivity contribution in [1.29, 1.82) is 0 Å². The molecule has 1 aromatic heterocycles. The Morgan fingerprint density at radius 3 is 2.87 bits per heavy atom. The molecule has 5 nitrogen and oxygen atoms in total. The first kappa shape index (κ1) is 17.3. The lowest BCUT2D eigenvalue weighted by Crippen LogP contribution is -2.46. The molecule has 2 unspecified atom stereocenters. The summed E-state index contributed by atoms with van der Waals surface area (Å²) in [6.45, 7) is 5.46. The Balaban J connectivity index is 1.43. The van der Waals surface area contributed by atoms with E-state index in [2.05, 4.69) is 17.1 Å². The Morgan fingerprint density at radius 1 is 1.39 bits per heavy atom. The van der Waals surface area contributed by atoms with E-state index in [-0.39, 0.29) is 6.10 Å². The van der Waals surface area contributed by atoms with E-state index >= 15 is 0 Å². The number of rotatable bonds is 7. The van der Waals surface area contributed by atoms with E-state index in [1.165, 1.54) is 34.8 Å². The number of aliphatic hydroxyl groups excluding tert-OH is 1. The van der Waals surface area contributed by atoms with E-state index in [0.717, 1.165) is 32.5 Å². The van der Waals surface area contributed by atoms with Gasteiger partial charge in [-0.05, 0) is 52.1 Å². The first-order chi connectivity index (χ1) is 11.2. The second-order valence-electron chi connectivity index (χ2n) is 6.85. The Hall–Kier alpha value is -0.530. The van der Waals surface area contributed by atoms with Crippen molar-refractivity contribution in [3.63, 3.8) is 0 Å². The van der Waals surface area contributed by atoms with Crippen molar-refractivity contribution < 1.29 is 9.84 Å². The zero-order valence-electron chi connectivity index (χ0n) is 14.3. The largest absolute Gasteiger partial charge is 0.389 e. The summed E-state index contributed by atoms with van der Waals surface area (Å²) in [6.07, 6.45) is 5.57. The van der Waals surface area contributed by atoms with E-state index in [1.54, 1.807) is 7.11 Å². The van der Waals surface area contributed by atoms with E-state index in [1.807, 2.05) is 11.3 Å². The highest BCUT2D eigenvalue weighted by molar-refractivity contribution is 7.11. The predicted octanol–water partition coefficient (Wildman–Crippen LogP) is 1.75. The third kappa shape index (κ3) is 4.51. The highest BCUT2D eigenvalue weighted by atomic mass is 32.1. The Bertz CT molecular complexity index is 479. The lowest BCUT2D eigenvalue weighted by molar-refractivity contribution is 0.0308. The molecule has 1 fully saturated rings. The van der Waals surface area contributed by atoms with Gasteiger partial charge in [0.2, 0.25) is 0 Å². The average Bonchev–Trinajstić information content (AvgIpc) is 3.11. The highest BCUT2D eigenvalue weighted by Gasteiger charge is 2.24. The first-order valence-electron chi connectivity index (χ1n) is 8.79. The number of aromatic nitrogens is 1. The van der Waals surface area contributed by atoms with E-state index in [9.17, 15) is 5.11 Å². The molecule has 2 N–H and O–H groups in total. The van der Waals surface area contributed by atoms with E-state index in [0.29, 0.717) is 18.7 Å². The summed E-state index contributed by atoms with van der Waals surface area (Å²) in [5.74, 6) is 0. The third-order valence-electron chi connectivity index (χ3n) is 4.88. The molecular weight excluding hydrogens is 310 g/mol. The number of aliphatic hydroxyl groups is 1. The second kappa shape index (κ2) is 8.03. The van der Waals surface area contributed by atoms with Crippen molar-refractivity contribution in [1.82, 2.24) is 15.2 Å². The quantitative estimate of drug-likeness (QED) is 0.793. The van der Waals surface area contributed by atoms with Gasteiger partial charge in [0.15, 0.2) is 0 Å². The summed E-state index contributed by atoms with van der Waals surface area (Å²) >= 11 is 1.90. The molecule has 0 amide bonds. The van der Waals surface area contributed by atoms with Crippen LogP contribution in [0.5, 0.6) is 0 Å². The van der Waals surface area contributed by atoms with Gasteiger partial charge in [-0.15, -0.1) is 11.3 Å². The third-order valence-corrected chi connectivity index (χ3v) is 6.22. The number of hydrogen-bond acceptors (Lipinski definition) is 6.